The number of hydrogen-bond acceptors (Lipinski definition) is 4. The van der Waals surface area contributed by atoms with Crippen molar-refractivity contribution in [3.8, 4) is 5.75 Å². The van der Waals surface area contributed by atoms with Gasteiger partial charge in [-0.3, -0.25) is 9.88 Å². The van der Waals surface area contributed by atoms with Crippen molar-refractivity contribution in [1.82, 2.24) is 15.2 Å². The maximum atomic E-state index is 5.32. The van der Waals surface area contributed by atoms with Crippen LogP contribution in [0.1, 0.15) is 31.7 Å². The highest BCUT2D eigenvalue weighted by Gasteiger charge is 2.28. The summed E-state index contributed by atoms with van der Waals surface area (Å²) in [6, 6.07) is 4.01. The van der Waals surface area contributed by atoms with Crippen LogP contribution in [0.4, 0.5) is 0 Å². The van der Waals surface area contributed by atoms with E-state index in [9.17, 15) is 0 Å². The predicted octanol–water partition coefficient (Wildman–Crippen LogP) is 1.97. The highest BCUT2D eigenvalue weighted by Crippen LogP contribution is 2.19. The van der Waals surface area contributed by atoms with E-state index in [-0.39, 0.29) is 5.54 Å². The Morgan fingerprint density at radius 2 is 2.26 bits per heavy atom. The third-order valence-corrected chi connectivity index (χ3v) is 3.93. The Balaban J connectivity index is 2.06. The summed E-state index contributed by atoms with van der Waals surface area (Å²) in [4.78, 5) is 7.08. The second-order valence-corrected chi connectivity index (χ2v) is 5.69. The van der Waals surface area contributed by atoms with Gasteiger partial charge in [0.25, 0.3) is 0 Å². The largest absolute Gasteiger partial charge is 0.497 e. The van der Waals surface area contributed by atoms with Crippen LogP contribution in [-0.4, -0.2) is 42.2 Å². The number of nitrogens with zero attached hydrogens (tertiary/aromatic N) is 2. The topological polar surface area (TPSA) is 37.4 Å². The maximum Gasteiger partial charge on any atom is 0.122 e. The standard InChI is InChI=1S/C15H25N3O/c1-5-15(3)11-18(7-6-16-15)10-13-9-14(19-4)8-12(2)17-13/h8-9,16H,5-7,10-11H2,1-4H3. The number of pyridine rings is 1. The van der Waals surface area contributed by atoms with Crippen molar-refractivity contribution >= 4 is 0 Å². The summed E-state index contributed by atoms with van der Waals surface area (Å²) in [5.74, 6) is 0.899. The van der Waals surface area contributed by atoms with E-state index < -0.39 is 0 Å². The lowest BCUT2D eigenvalue weighted by atomic mass is 9.96. The number of piperazine rings is 1. The van der Waals surface area contributed by atoms with E-state index in [4.69, 9.17) is 4.74 Å². The summed E-state index contributed by atoms with van der Waals surface area (Å²) in [6.45, 7) is 10.6. The molecule has 1 N–H and O–H groups in total. The number of aromatic nitrogens is 1. The van der Waals surface area contributed by atoms with Crippen LogP contribution in [0, 0.1) is 6.92 Å². The Labute approximate surface area is 116 Å². The smallest absolute Gasteiger partial charge is 0.122 e. The number of ether oxygens (including phenoxy) is 1. The normalized spacial score (nSPS) is 24.4. The monoisotopic (exact) mass is 263 g/mol. The van der Waals surface area contributed by atoms with Crippen molar-refractivity contribution in [2.45, 2.75) is 39.3 Å². The summed E-state index contributed by atoms with van der Waals surface area (Å²) >= 11 is 0. The second-order valence-electron chi connectivity index (χ2n) is 5.69. The number of methoxy groups -OCH3 is 1. The van der Waals surface area contributed by atoms with Crippen molar-refractivity contribution in [3.63, 3.8) is 0 Å². The zero-order chi connectivity index (χ0) is 13.9. The van der Waals surface area contributed by atoms with E-state index in [0.717, 1.165) is 49.7 Å². The first-order valence-corrected chi connectivity index (χ1v) is 7.03. The highest BCUT2D eigenvalue weighted by molar-refractivity contribution is 5.26. The molecule has 4 nitrogen and oxygen atoms in total. The van der Waals surface area contributed by atoms with Crippen LogP contribution >= 0.6 is 0 Å². The molecule has 106 valence electrons. The summed E-state index contributed by atoms with van der Waals surface area (Å²) in [5.41, 5.74) is 2.34. The molecule has 1 aromatic rings. The molecule has 2 rings (SSSR count). The van der Waals surface area contributed by atoms with Gasteiger partial charge < -0.3 is 10.1 Å². The van der Waals surface area contributed by atoms with Crippen molar-refractivity contribution < 1.29 is 4.74 Å². The minimum Gasteiger partial charge on any atom is -0.497 e. The lowest BCUT2D eigenvalue weighted by Crippen LogP contribution is -2.58. The Hall–Kier alpha value is -1.13. The van der Waals surface area contributed by atoms with Crippen LogP contribution in [0.25, 0.3) is 0 Å². The van der Waals surface area contributed by atoms with E-state index in [1.807, 2.05) is 19.1 Å². The van der Waals surface area contributed by atoms with E-state index in [0.29, 0.717) is 0 Å². The highest BCUT2D eigenvalue weighted by atomic mass is 16.5. The molecule has 0 aromatic carbocycles. The molecule has 0 spiro atoms. The maximum absolute atomic E-state index is 5.32. The summed E-state index contributed by atoms with van der Waals surface area (Å²) in [5, 5.41) is 3.61. The minimum absolute atomic E-state index is 0.228. The number of rotatable bonds is 4. The first-order valence-electron chi connectivity index (χ1n) is 7.03. The molecule has 1 unspecified atom stereocenters. The molecule has 1 aliphatic rings. The van der Waals surface area contributed by atoms with Crippen molar-refractivity contribution in [3.05, 3.63) is 23.5 Å². The SMILES string of the molecule is CCC1(C)CN(Cc2cc(OC)cc(C)n2)CCN1. The predicted molar refractivity (Wildman–Crippen MR) is 77.5 cm³/mol. The Kier molecular flexibility index (Phi) is 4.42. The van der Waals surface area contributed by atoms with E-state index in [1.165, 1.54) is 0 Å². The molecule has 1 aliphatic heterocycles. The third-order valence-electron chi connectivity index (χ3n) is 3.93. The fraction of sp³-hybridized carbons (Fsp3) is 0.667. The van der Waals surface area contributed by atoms with Crippen molar-refractivity contribution in [2.75, 3.05) is 26.7 Å². The summed E-state index contributed by atoms with van der Waals surface area (Å²) in [6.07, 6.45) is 1.15. The molecular weight excluding hydrogens is 238 g/mol. The van der Waals surface area contributed by atoms with Gasteiger partial charge in [0.2, 0.25) is 0 Å². The first kappa shape index (κ1) is 14.3. The van der Waals surface area contributed by atoms with Crippen molar-refractivity contribution in [2.24, 2.45) is 0 Å². The Morgan fingerprint density at radius 1 is 1.47 bits per heavy atom. The minimum atomic E-state index is 0.228. The molecule has 1 atom stereocenters. The number of aryl methyl sites for hydroxylation is 1. The quantitative estimate of drug-likeness (QED) is 0.901. The lowest BCUT2D eigenvalue weighted by Gasteiger charge is -2.41. The molecule has 0 radical (unpaired) electrons. The van der Waals surface area contributed by atoms with Gasteiger partial charge in [-0.15, -0.1) is 0 Å². The molecular formula is C15H25N3O. The van der Waals surface area contributed by atoms with E-state index in [1.54, 1.807) is 7.11 Å². The molecule has 1 saturated heterocycles. The Morgan fingerprint density at radius 3 is 2.95 bits per heavy atom. The average Bonchev–Trinajstić information content (AvgIpc) is 2.38. The van der Waals surface area contributed by atoms with Crippen LogP contribution in [0.3, 0.4) is 0 Å². The summed E-state index contributed by atoms with van der Waals surface area (Å²) in [7, 11) is 1.71. The number of hydrogen-bond donors (Lipinski definition) is 1. The van der Waals surface area contributed by atoms with Gasteiger partial charge in [-0.1, -0.05) is 6.92 Å². The molecule has 0 bridgehead atoms. The molecule has 0 amide bonds. The Bertz CT molecular complexity index is 435. The molecule has 2 heterocycles. The van der Waals surface area contributed by atoms with Crippen LogP contribution in [0.15, 0.2) is 12.1 Å². The van der Waals surface area contributed by atoms with Crippen LogP contribution < -0.4 is 10.1 Å². The van der Waals surface area contributed by atoms with E-state index >= 15 is 0 Å². The molecule has 19 heavy (non-hydrogen) atoms. The fourth-order valence-electron chi connectivity index (χ4n) is 2.65. The van der Waals surface area contributed by atoms with Gasteiger partial charge in [-0.25, -0.2) is 0 Å². The first-order chi connectivity index (χ1) is 9.04. The van der Waals surface area contributed by atoms with Gasteiger partial charge >= 0.3 is 0 Å². The average molecular weight is 263 g/mol. The lowest BCUT2D eigenvalue weighted by molar-refractivity contribution is 0.132. The van der Waals surface area contributed by atoms with E-state index in [2.05, 4.69) is 29.0 Å². The zero-order valence-corrected chi connectivity index (χ0v) is 12.5. The van der Waals surface area contributed by atoms with Crippen LogP contribution in [0.5, 0.6) is 5.75 Å². The van der Waals surface area contributed by atoms with Gasteiger partial charge in [-0.05, 0) is 20.3 Å². The zero-order valence-electron chi connectivity index (χ0n) is 12.5. The molecule has 4 heteroatoms. The van der Waals surface area contributed by atoms with Crippen LogP contribution in [0.2, 0.25) is 0 Å². The number of nitrogens with one attached hydrogen (secondary N) is 1. The fourth-order valence-corrected chi connectivity index (χ4v) is 2.65. The molecule has 1 fully saturated rings. The third kappa shape index (κ3) is 3.67. The second kappa shape index (κ2) is 5.88. The summed E-state index contributed by atoms with van der Waals surface area (Å²) < 4.78 is 5.32. The van der Waals surface area contributed by atoms with Gasteiger partial charge in [0.1, 0.15) is 5.75 Å². The molecule has 1 aromatic heterocycles. The van der Waals surface area contributed by atoms with Gasteiger partial charge in [-0.2, -0.15) is 0 Å². The molecule has 0 saturated carbocycles. The van der Waals surface area contributed by atoms with Crippen molar-refractivity contribution in [1.29, 1.82) is 0 Å². The van der Waals surface area contributed by atoms with Gasteiger partial charge in [0.15, 0.2) is 0 Å². The van der Waals surface area contributed by atoms with Gasteiger partial charge in [0.05, 0.1) is 12.8 Å². The van der Waals surface area contributed by atoms with Crippen LogP contribution in [-0.2, 0) is 6.54 Å². The van der Waals surface area contributed by atoms with Gasteiger partial charge in [0, 0.05) is 49.5 Å². The molecule has 0 aliphatic carbocycles.